The van der Waals surface area contributed by atoms with Gasteiger partial charge in [-0.3, -0.25) is 9.59 Å². The van der Waals surface area contributed by atoms with E-state index in [4.69, 9.17) is 4.74 Å². The molecule has 1 aromatic carbocycles. The predicted octanol–water partition coefficient (Wildman–Crippen LogP) is 1.44. The predicted molar refractivity (Wildman–Crippen MR) is 98.4 cm³/mol. The van der Waals surface area contributed by atoms with E-state index in [1.165, 1.54) is 10.7 Å². The topological polar surface area (TPSA) is 76.5 Å². The molecule has 0 bridgehead atoms. The number of nitrogens with zero attached hydrogens (tertiary/aromatic N) is 3. The van der Waals surface area contributed by atoms with Crippen LogP contribution in [0.3, 0.4) is 0 Å². The van der Waals surface area contributed by atoms with E-state index < -0.39 is 0 Å². The van der Waals surface area contributed by atoms with Crippen molar-refractivity contribution in [2.75, 3.05) is 42.8 Å². The fourth-order valence-corrected chi connectivity index (χ4v) is 3.01. The minimum atomic E-state index is -0.301. The summed E-state index contributed by atoms with van der Waals surface area (Å²) in [6.45, 7) is 2.58. The molecule has 0 saturated carbocycles. The van der Waals surface area contributed by atoms with Crippen molar-refractivity contribution in [2.45, 2.75) is 11.4 Å². The van der Waals surface area contributed by atoms with E-state index in [1.807, 2.05) is 35.4 Å². The first-order valence-corrected chi connectivity index (χ1v) is 9.23. The molecule has 132 valence electrons. The molecule has 1 amide bonds. The van der Waals surface area contributed by atoms with Crippen LogP contribution < -0.4 is 15.8 Å². The van der Waals surface area contributed by atoms with Gasteiger partial charge in [-0.2, -0.15) is 5.10 Å². The van der Waals surface area contributed by atoms with Crippen LogP contribution in [0.25, 0.3) is 0 Å². The Hall–Kier alpha value is -2.32. The number of rotatable bonds is 5. The molecular weight excluding hydrogens is 340 g/mol. The van der Waals surface area contributed by atoms with Gasteiger partial charge < -0.3 is 15.0 Å². The van der Waals surface area contributed by atoms with Crippen molar-refractivity contribution in [2.24, 2.45) is 0 Å². The molecule has 1 fully saturated rings. The lowest BCUT2D eigenvalue weighted by molar-refractivity contribution is -0.117. The third-order valence-electron chi connectivity index (χ3n) is 3.83. The van der Waals surface area contributed by atoms with E-state index in [2.05, 4.69) is 10.4 Å². The van der Waals surface area contributed by atoms with Crippen molar-refractivity contribution in [3.63, 3.8) is 0 Å². The fourth-order valence-electron chi connectivity index (χ4n) is 2.55. The molecule has 1 aliphatic rings. The Morgan fingerprint density at radius 1 is 1.28 bits per heavy atom. The van der Waals surface area contributed by atoms with E-state index in [0.717, 1.165) is 18.0 Å². The summed E-state index contributed by atoms with van der Waals surface area (Å²) >= 11 is 1.60. The van der Waals surface area contributed by atoms with Crippen LogP contribution in [0.4, 0.5) is 11.5 Å². The van der Waals surface area contributed by atoms with Crippen LogP contribution in [-0.2, 0) is 16.1 Å². The summed E-state index contributed by atoms with van der Waals surface area (Å²) in [4.78, 5) is 27.4. The lowest BCUT2D eigenvalue weighted by atomic mass is 10.3. The summed E-state index contributed by atoms with van der Waals surface area (Å²) in [7, 11) is 0. The minimum absolute atomic E-state index is 0.124. The third kappa shape index (κ3) is 4.61. The van der Waals surface area contributed by atoms with Crippen LogP contribution in [0.2, 0.25) is 0 Å². The Morgan fingerprint density at radius 3 is 2.84 bits per heavy atom. The van der Waals surface area contributed by atoms with Gasteiger partial charge in [0.2, 0.25) is 5.91 Å². The highest BCUT2D eigenvalue weighted by Crippen LogP contribution is 2.18. The van der Waals surface area contributed by atoms with Gasteiger partial charge in [0.15, 0.2) is 0 Å². The smallest absolute Gasteiger partial charge is 0.267 e. The van der Waals surface area contributed by atoms with Crippen LogP contribution in [-0.4, -0.2) is 48.2 Å². The second kappa shape index (κ2) is 8.17. The Labute approximate surface area is 150 Å². The van der Waals surface area contributed by atoms with Gasteiger partial charge in [0.1, 0.15) is 12.4 Å². The van der Waals surface area contributed by atoms with Gasteiger partial charge in [-0.05, 0) is 30.5 Å². The first kappa shape index (κ1) is 17.5. The summed E-state index contributed by atoms with van der Waals surface area (Å²) < 4.78 is 6.51. The number of nitrogens with one attached hydrogen (secondary N) is 1. The molecule has 0 aliphatic carbocycles. The summed E-state index contributed by atoms with van der Waals surface area (Å²) in [5, 5.41) is 7.13. The number of carbonyl (C=O) groups excluding carboxylic acids is 1. The van der Waals surface area contributed by atoms with Crippen molar-refractivity contribution in [3.8, 4) is 0 Å². The number of ether oxygens (including phenoxy) is 1. The van der Waals surface area contributed by atoms with Crippen LogP contribution in [0, 0.1) is 0 Å². The molecule has 0 unspecified atom stereocenters. The highest BCUT2D eigenvalue weighted by Gasteiger charge is 2.14. The van der Waals surface area contributed by atoms with E-state index in [0.29, 0.717) is 24.7 Å². The Bertz CT molecular complexity index is 802. The monoisotopic (exact) mass is 360 g/mol. The van der Waals surface area contributed by atoms with Crippen LogP contribution in [0.1, 0.15) is 0 Å². The molecule has 3 rings (SSSR count). The number of aromatic nitrogens is 2. The number of hydrogen-bond acceptors (Lipinski definition) is 6. The maximum absolute atomic E-state index is 12.3. The van der Waals surface area contributed by atoms with Gasteiger partial charge in [0.25, 0.3) is 5.56 Å². The van der Waals surface area contributed by atoms with Crippen molar-refractivity contribution in [3.05, 3.63) is 46.8 Å². The lowest BCUT2D eigenvalue weighted by Crippen LogP contribution is -2.38. The average molecular weight is 360 g/mol. The minimum Gasteiger partial charge on any atom is -0.378 e. The second-order valence-corrected chi connectivity index (χ2v) is 6.45. The fraction of sp³-hybridized carbons (Fsp3) is 0.353. The normalized spacial score (nSPS) is 14.4. The summed E-state index contributed by atoms with van der Waals surface area (Å²) in [6, 6.07) is 10.7. The van der Waals surface area contributed by atoms with Gasteiger partial charge in [0.05, 0.1) is 13.2 Å². The van der Waals surface area contributed by atoms with Gasteiger partial charge in [0, 0.05) is 29.7 Å². The van der Waals surface area contributed by atoms with Crippen LogP contribution >= 0.6 is 11.8 Å². The van der Waals surface area contributed by atoms with Gasteiger partial charge in [-0.1, -0.05) is 6.07 Å². The highest BCUT2D eigenvalue weighted by molar-refractivity contribution is 7.98. The zero-order valence-corrected chi connectivity index (χ0v) is 14.8. The highest BCUT2D eigenvalue weighted by atomic mass is 32.2. The molecule has 1 saturated heterocycles. The van der Waals surface area contributed by atoms with E-state index in [-0.39, 0.29) is 18.0 Å². The van der Waals surface area contributed by atoms with Crippen molar-refractivity contribution in [1.82, 2.24) is 9.78 Å². The van der Waals surface area contributed by atoms with E-state index in [9.17, 15) is 9.59 Å². The third-order valence-corrected chi connectivity index (χ3v) is 4.56. The summed E-state index contributed by atoms with van der Waals surface area (Å²) in [6.07, 6.45) is 1.97. The van der Waals surface area contributed by atoms with Gasteiger partial charge >= 0.3 is 0 Å². The number of thioether (sulfide) groups is 1. The Kier molecular flexibility index (Phi) is 5.72. The lowest BCUT2D eigenvalue weighted by Gasteiger charge is -2.27. The maximum atomic E-state index is 12.3. The second-order valence-electron chi connectivity index (χ2n) is 5.57. The molecule has 0 spiro atoms. The molecule has 2 aromatic rings. The first-order chi connectivity index (χ1) is 12.2. The first-order valence-electron chi connectivity index (χ1n) is 8.00. The number of hydrogen-bond donors (Lipinski definition) is 1. The SMILES string of the molecule is CSc1cccc(NC(=O)Cn2nc(N3CCOCC3)ccc2=O)c1. The number of benzene rings is 1. The molecule has 0 radical (unpaired) electrons. The van der Waals surface area contributed by atoms with Crippen LogP contribution in [0.15, 0.2) is 46.1 Å². The average Bonchev–Trinajstić information content (AvgIpc) is 2.64. The van der Waals surface area contributed by atoms with Crippen molar-refractivity contribution < 1.29 is 9.53 Å². The van der Waals surface area contributed by atoms with E-state index in [1.54, 1.807) is 17.8 Å². The van der Waals surface area contributed by atoms with Gasteiger partial charge in [-0.15, -0.1) is 11.8 Å². The number of amides is 1. The Balaban J connectivity index is 1.70. The standard InChI is InChI=1S/C17H20N4O3S/c1-25-14-4-2-3-13(11-14)18-16(22)12-21-17(23)6-5-15(19-21)20-7-9-24-10-8-20/h2-6,11H,7-10,12H2,1H3,(H,18,22). The van der Waals surface area contributed by atoms with Crippen molar-refractivity contribution in [1.29, 1.82) is 0 Å². The molecule has 1 N–H and O–H groups in total. The molecular formula is C17H20N4O3S. The zero-order valence-electron chi connectivity index (χ0n) is 14.0. The summed E-state index contributed by atoms with van der Waals surface area (Å²) in [5.41, 5.74) is 0.402. The number of morpholine rings is 1. The zero-order chi connectivity index (χ0) is 17.6. The molecule has 2 heterocycles. The summed E-state index contributed by atoms with van der Waals surface area (Å²) in [5.74, 6) is 0.395. The molecule has 1 aliphatic heterocycles. The number of carbonyl (C=O) groups is 1. The maximum Gasteiger partial charge on any atom is 0.267 e. The number of anilines is 2. The van der Waals surface area contributed by atoms with E-state index >= 15 is 0 Å². The van der Waals surface area contributed by atoms with Gasteiger partial charge in [-0.25, -0.2) is 4.68 Å². The quantitative estimate of drug-likeness (QED) is 0.813. The molecule has 7 nitrogen and oxygen atoms in total. The van der Waals surface area contributed by atoms with Crippen molar-refractivity contribution >= 4 is 29.2 Å². The molecule has 0 atom stereocenters. The molecule has 25 heavy (non-hydrogen) atoms. The Morgan fingerprint density at radius 2 is 2.08 bits per heavy atom. The molecule has 8 heteroatoms. The molecule has 1 aromatic heterocycles. The van der Waals surface area contributed by atoms with Crippen LogP contribution in [0.5, 0.6) is 0 Å². The largest absolute Gasteiger partial charge is 0.378 e.